The molecule has 1 aliphatic rings. The topological polar surface area (TPSA) is 64.7 Å². The van der Waals surface area contributed by atoms with Crippen molar-refractivity contribution in [1.29, 1.82) is 0 Å². The molecule has 3 heterocycles. The van der Waals surface area contributed by atoms with Gasteiger partial charge in [0.25, 0.3) is 0 Å². The van der Waals surface area contributed by atoms with Crippen LogP contribution in [0.25, 0.3) is 16.9 Å². The van der Waals surface area contributed by atoms with Crippen LogP contribution in [0.2, 0.25) is 0 Å². The van der Waals surface area contributed by atoms with Gasteiger partial charge in [-0.1, -0.05) is 25.7 Å². The highest BCUT2D eigenvalue weighted by molar-refractivity contribution is 5.88. The van der Waals surface area contributed by atoms with Crippen LogP contribution in [0.3, 0.4) is 0 Å². The normalized spacial score (nSPS) is 15.8. The summed E-state index contributed by atoms with van der Waals surface area (Å²) in [6.07, 6.45) is 11.1. The maximum Gasteiger partial charge on any atom is 0.242 e. The lowest BCUT2D eigenvalue weighted by molar-refractivity contribution is -0.122. The van der Waals surface area contributed by atoms with Gasteiger partial charge in [-0.15, -0.1) is 0 Å². The van der Waals surface area contributed by atoms with E-state index >= 15 is 0 Å². The summed E-state index contributed by atoms with van der Waals surface area (Å²) in [4.78, 5) is 17.4. The van der Waals surface area contributed by atoms with Crippen LogP contribution in [0.4, 0.5) is 0 Å². The minimum absolute atomic E-state index is 0.0197. The Morgan fingerprint density at radius 1 is 1.15 bits per heavy atom. The zero-order chi connectivity index (χ0) is 18.8. The van der Waals surface area contributed by atoms with Crippen molar-refractivity contribution in [2.45, 2.75) is 65.0 Å². The molecule has 6 nitrogen and oxygen atoms in total. The van der Waals surface area contributed by atoms with E-state index in [9.17, 15) is 4.79 Å². The molecule has 0 spiro atoms. The van der Waals surface area contributed by atoms with Crippen molar-refractivity contribution in [3.63, 3.8) is 0 Å². The number of pyridine rings is 1. The molecule has 0 saturated heterocycles. The summed E-state index contributed by atoms with van der Waals surface area (Å²) >= 11 is 0. The molecule has 6 heteroatoms. The quantitative estimate of drug-likeness (QED) is 0.717. The lowest BCUT2D eigenvalue weighted by Gasteiger charge is -2.16. The van der Waals surface area contributed by atoms with Gasteiger partial charge >= 0.3 is 0 Å². The average molecular weight is 365 g/mol. The van der Waals surface area contributed by atoms with Crippen molar-refractivity contribution in [2.75, 3.05) is 0 Å². The molecule has 0 aliphatic heterocycles. The number of aromatic nitrogens is 4. The average Bonchev–Trinajstić information content (AvgIpc) is 3.19. The molecule has 4 rings (SSSR count). The highest BCUT2D eigenvalue weighted by Gasteiger charge is 2.19. The molecule has 3 aromatic rings. The molecule has 27 heavy (non-hydrogen) atoms. The summed E-state index contributed by atoms with van der Waals surface area (Å²) in [6, 6.07) is 6.30. The Morgan fingerprint density at radius 2 is 1.85 bits per heavy atom. The van der Waals surface area contributed by atoms with Gasteiger partial charge in [0.2, 0.25) is 5.91 Å². The summed E-state index contributed by atoms with van der Waals surface area (Å²) in [5.41, 5.74) is 2.83. The van der Waals surface area contributed by atoms with E-state index in [1.807, 2.05) is 36.0 Å². The number of nitrogens with zero attached hydrogens (tertiary/aromatic N) is 4. The number of carbonyl (C=O) groups is 1. The number of amides is 1. The molecule has 0 aromatic carbocycles. The van der Waals surface area contributed by atoms with Crippen LogP contribution in [0, 0.1) is 13.8 Å². The molecule has 3 aromatic heterocycles. The molecule has 1 saturated carbocycles. The monoisotopic (exact) mass is 365 g/mol. The van der Waals surface area contributed by atoms with Crippen LogP contribution >= 0.6 is 0 Å². The van der Waals surface area contributed by atoms with Gasteiger partial charge in [-0.05, 0) is 50.5 Å². The molecule has 0 bridgehead atoms. The summed E-state index contributed by atoms with van der Waals surface area (Å²) in [5.74, 6) is 0.841. The van der Waals surface area contributed by atoms with Crippen molar-refractivity contribution >= 4 is 16.9 Å². The van der Waals surface area contributed by atoms with Crippen molar-refractivity contribution in [3.8, 4) is 5.82 Å². The molecule has 1 fully saturated rings. The predicted molar refractivity (Wildman–Crippen MR) is 106 cm³/mol. The van der Waals surface area contributed by atoms with Crippen LogP contribution in [-0.4, -0.2) is 31.3 Å². The first-order chi connectivity index (χ1) is 13.1. The van der Waals surface area contributed by atoms with Crippen LogP contribution in [0.15, 0.2) is 30.6 Å². The van der Waals surface area contributed by atoms with Crippen LogP contribution < -0.4 is 5.32 Å². The smallest absolute Gasteiger partial charge is 0.242 e. The third-order valence-corrected chi connectivity index (χ3v) is 5.37. The van der Waals surface area contributed by atoms with Crippen LogP contribution in [0.1, 0.15) is 49.8 Å². The lowest BCUT2D eigenvalue weighted by atomic mass is 10.1. The molecule has 0 atom stereocenters. The fourth-order valence-corrected chi connectivity index (χ4v) is 4.09. The predicted octanol–water partition coefficient (Wildman–Crippen LogP) is 3.68. The summed E-state index contributed by atoms with van der Waals surface area (Å²) in [6.45, 7) is 4.25. The molecule has 1 N–H and O–H groups in total. The Balaban J connectivity index is 1.64. The second-order valence-corrected chi connectivity index (χ2v) is 7.61. The fraction of sp³-hybridized carbons (Fsp3) is 0.476. The first kappa shape index (κ1) is 17.8. The van der Waals surface area contributed by atoms with E-state index in [0.29, 0.717) is 6.04 Å². The maximum absolute atomic E-state index is 12.7. The van der Waals surface area contributed by atoms with Crippen molar-refractivity contribution in [2.24, 2.45) is 0 Å². The van der Waals surface area contributed by atoms with Gasteiger partial charge in [-0.2, -0.15) is 5.10 Å². The van der Waals surface area contributed by atoms with Gasteiger partial charge in [-0.25, -0.2) is 9.67 Å². The Hall–Kier alpha value is -2.63. The SMILES string of the molecule is Cc1cc(C)c2c(-n3cccc3)nn(CC(=O)NC3CCCCCC3)c2n1. The molecule has 0 unspecified atom stereocenters. The zero-order valence-electron chi connectivity index (χ0n) is 16.1. The zero-order valence-corrected chi connectivity index (χ0v) is 16.1. The number of fused-ring (bicyclic) bond motifs is 1. The molecular formula is C21H27N5O. The number of nitrogens with one attached hydrogen (secondary N) is 1. The van der Waals surface area contributed by atoms with E-state index in [1.165, 1.54) is 25.7 Å². The van der Waals surface area contributed by atoms with Crippen molar-refractivity contribution < 1.29 is 4.79 Å². The van der Waals surface area contributed by atoms with Gasteiger partial charge in [0, 0.05) is 24.1 Å². The minimum atomic E-state index is 0.0197. The largest absolute Gasteiger partial charge is 0.352 e. The van der Waals surface area contributed by atoms with E-state index in [4.69, 9.17) is 5.10 Å². The Bertz CT molecular complexity index is 933. The minimum Gasteiger partial charge on any atom is -0.352 e. The number of aryl methyl sites for hydroxylation is 2. The molecule has 142 valence electrons. The first-order valence-corrected chi connectivity index (χ1v) is 9.89. The number of hydrogen-bond acceptors (Lipinski definition) is 3. The highest BCUT2D eigenvalue weighted by atomic mass is 16.2. The number of hydrogen-bond donors (Lipinski definition) is 1. The van der Waals surface area contributed by atoms with E-state index in [0.717, 1.165) is 41.0 Å². The van der Waals surface area contributed by atoms with Gasteiger partial charge < -0.3 is 9.88 Å². The van der Waals surface area contributed by atoms with E-state index in [1.54, 1.807) is 4.68 Å². The van der Waals surface area contributed by atoms with Gasteiger partial charge in [0.15, 0.2) is 11.5 Å². The third-order valence-electron chi connectivity index (χ3n) is 5.37. The standard InChI is InChI=1S/C21H27N5O/c1-15-13-16(2)22-20-19(15)21(25-11-7-8-12-25)24-26(20)14-18(27)23-17-9-5-3-4-6-10-17/h7-8,11-13,17H,3-6,9-10,14H2,1-2H3,(H,23,27). The van der Waals surface area contributed by atoms with Crippen LogP contribution in [0.5, 0.6) is 0 Å². The summed E-state index contributed by atoms with van der Waals surface area (Å²) in [5, 5.41) is 8.95. The third kappa shape index (κ3) is 3.75. The van der Waals surface area contributed by atoms with Gasteiger partial charge in [-0.3, -0.25) is 4.79 Å². The fourth-order valence-electron chi connectivity index (χ4n) is 4.09. The molecule has 1 amide bonds. The summed E-state index contributed by atoms with van der Waals surface area (Å²) < 4.78 is 3.72. The van der Waals surface area contributed by atoms with E-state index in [2.05, 4.69) is 23.3 Å². The highest BCUT2D eigenvalue weighted by Crippen LogP contribution is 2.25. The Morgan fingerprint density at radius 3 is 2.56 bits per heavy atom. The van der Waals surface area contributed by atoms with Gasteiger partial charge in [0.05, 0.1) is 5.39 Å². The first-order valence-electron chi connectivity index (χ1n) is 9.89. The Kier molecular flexibility index (Phi) is 4.97. The summed E-state index contributed by atoms with van der Waals surface area (Å²) in [7, 11) is 0. The molecular weight excluding hydrogens is 338 g/mol. The van der Waals surface area contributed by atoms with Crippen LogP contribution in [-0.2, 0) is 11.3 Å². The maximum atomic E-state index is 12.7. The molecule has 1 aliphatic carbocycles. The van der Waals surface area contributed by atoms with E-state index in [-0.39, 0.29) is 12.5 Å². The molecule has 0 radical (unpaired) electrons. The number of carbonyl (C=O) groups excluding carboxylic acids is 1. The Labute approximate surface area is 159 Å². The number of rotatable bonds is 4. The van der Waals surface area contributed by atoms with Crippen molar-refractivity contribution in [3.05, 3.63) is 41.9 Å². The van der Waals surface area contributed by atoms with Crippen molar-refractivity contribution in [1.82, 2.24) is 24.6 Å². The second-order valence-electron chi connectivity index (χ2n) is 7.61. The van der Waals surface area contributed by atoms with E-state index < -0.39 is 0 Å². The second kappa shape index (κ2) is 7.55. The lowest BCUT2D eigenvalue weighted by Crippen LogP contribution is -2.36. The van der Waals surface area contributed by atoms with Gasteiger partial charge in [0.1, 0.15) is 6.54 Å².